The van der Waals surface area contributed by atoms with Crippen LogP contribution in [0, 0.1) is 18.7 Å². The normalized spacial score (nSPS) is 16.6. The minimum atomic E-state index is -0.362. The molecule has 0 radical (unpaired) electrons. The Hall–Kier alpha value is -2.81. The van der Waals surface area contributed by atoms with E-state index in [1.54, 1.807) is 30.4 Å². The van der Waals surface area contributed by atoms with Gasteiger partial charge in [-0.1, -0.05) is 12.1 Å². The Morgan fingerprint density at radius 1 is 1.40 bits per heavy atom. The molecular weight excluding hydrogens is 405 g/mol. The van der Waals surface area contributed by atoms with Crippen molar-refractivity contribution in [2.75, 3.05) is 18.0 Å². The van der Waals surface area contributed by atoms with Crippen molar-refractivity contribution in [3.63, 3.8) is 0 Å². The second-order valence-corrected chi connectivity index (χ2v) is 8.34. The number of piperidine rings is 1. The summed E-state index contributed by atoms with van der Waals surface area (Å²) >= 11 is 1.61. The molecule has 3 heterocycles. The fourth-order valence-corrected chi connectivity index (χ4v) is 4.38. The van der Waals surface area contributed by atoms with Gasteiger partial charge in [0.25, 0.3) is 5.89 Å². The molecule has 1 aromatic carbocycles. The summed E-state index contributed by atoms with van der Waals surface area (Å²) in [4.78, 5) is 23.2. The van der Waals surface area contributed by atoms with Crippen molar-refractivity contribution in [2.45, 2.75) is 39.7 Å². The number of nitrogens with zero attached hydrogens (tertiary/aromatic N) is 4. The van der Waals surface area contributed by atoms with Crippen molar-refractivity contribution in [3.8, 4) is 11.5 Å². The molecule has 0 spiro atoms. The minimum absolute atomic E-state index is 0.0101. The first-order valence-corrected chi connectivity index (χ1v) is 11.0. The van der Waals surface area contributed by atoms with Crippen LogP contribution in [-0.4, -0.2) is 34.1 Å². The summed E-state index contributed by atoms with van der Waals surface area (Å²) in [5.41, 5.74) is 1.91. The third-order valence-electron chi connectivity index (χ3n) is 5.20. The van der Waals surface area contributed by atoms with Gasteiger partial charge in [0, 0.05) is 24.0 Å². The zero-order valence-electron chi connectivity index (χ0n) is 17.0. The number of amides is 1. The predicted molar refractivity (Wildman–Crippen MR) is 113 cm³/mol. The molecule has 1 unspecified atom stereocenters. The monoisotopic (exact) mass is 429 g/mol. The SMILES string of the molecule is CCc1nc(CNC(=O)C2CCCN(c3ccc(-c4nc(C)no4)cc3F)C2)cs1. The van der Waals surface area contributed by atoms with E-state index in [1.807, 2.05) is 10.3 Å². The third-order valence-corrected chi connectivity index (χ3v) is 6.24. The highest BCUT2D eigenvalue weighted by Crippen LogP contribution is 2.29. The Balaban J connectivity index is 1.40. The van der Waals surface area contributed by atoms with Gasteiger partial charge in [-0.3, -0.25) is 4.79 Å². The summed E-state index contributed by atoms with van der Waals surface area (Å²) in [6, 6.07) is 4.88. The average molecular weight is 430 g/mol. The molecule has 0 bridgehead atoms. The Labute approximate surface area is 178 Å². The van der Waals surface area contributed by atoms with Crippen LogP contribution in [0.3, 0.4) is 0 Å². The van der Waals surface area contributed by atoms with Crippen LogP contribution in [0.2, 0.25) is 0 Å². The summed E-state index contributed by atoms with van der Waals surface area (Å²) in [5.74, 6) is 0.244. The number of benzene rings is 1. The number of aryl methyl sites for hydroxylation is 2. The second kappa shape index (κ2) is 8.91. The molecule has 1 atom stereocenters. The minimum Gasteiger partial charge on any atom is -0.368 e. The average Bonchev–Trinajstić information content (AvgIpc) is 3.41. The van der Waals surface area contributed by atoms with Crippen LogP contribution in [0.15, 0.2) is 28.1 Å². The van der Waals surface area contributed by atoms with Crippen LogP contribution in [0.1, 0.15) is 36.3 Å². The van der Waals surface area contributed by atoms with Gasteiger partial charge in [0.05, 0.1) is 28.9 Å². The van der Waals surface area contributed by atoms with Crippen LogP contribution in [0.25, 0.3) is 11.5 Å². The van der Waals surface area contributed by atoms with Gasteiger partial charge in [-0.15, -0.1) is 11.3 Å². The van der Waals surface area contributed by atoms with Crippen molar-refractivity contribution in [1.82, 2.24) is 20.4 Å². The van der Waals surface area contributed by atoms with E-state index in [2.05, 4.69) is 27.4 Å². The van der Waals surface area contributed by atoms with Crippen LogP contribution in [0.5, 0.6) is 0 Å². The molecule has 1 aliphatic rings. The molecule has 0 aliphatic carbocycles. The number of hydrogen-bond donors (Lipinski definition) is 1. The van der Waals surface area contributed by atoms with Gasteiger partial charge in [0.15, 0.2) is 5.82 Å². The van der Waals surface area contributed by atoms with Gasteiger partial charge < -0.3 is 14.7 Å². The zero-order chi connectivity index (χ0) is 21.1. The second-order valence-electron chi connectivity index (χ2n) is 7.40. The third kappa shape index (κ3) is 4.51. The summed E-state index contributed by atoms with van der Waals surface area (Å²) in [7, 11) is 0. The van der Waals surface area contributed by atoms with E-state index >= 15 is 0 Å². The number of nitrogens with one attached hydrogen (secondary N) is 1. The van der Waals surface area contributed by atoms with Crippen LogP contribution >= 0.6 is 11.3 Å². The van der Waals surface area contributed by atoms with E-state index < -0.39 is 0 Å². The molecule has 2 aromatic heterocycles. The van der Waals surface area contributed by atoms with Crippen molar-refractivity contribution in [3.05, 3.63) is 45.9 Å². The lowest BCUT2D eigenvalue weighted by molar-refractivity contribution is -0.125. The highest BCUT2D eigenvalue weighted by atomic mass is 32.1. The smallest absolute Gasteiger partial charge is 0.258 e. The lowest BCUT2D eigenvalue weighted by Crippen LogP contribution is -2.43. The number of halogens is 1. The highest BCUT2D eigenvalue weighted by molar-refractivity contribution is 7.09. The number of anilines is 1. The van der Waals surface area contributed by atoms with E-state index in [1.165, 1.54) is 6.07 Å². The van der Waals surface area contributed by atoms with Gasteiger partial charge in [-0.25, -0.2) is 9.37 Å². The number of hydrogen-bond acceptors (Lipinski definition) is 7. The molecule has 30 heavy (non-hydrogen) atoms. The maximum Gasteiger partial charge on any atom is 0.258 e. The van der Waals surface area contributed by atoms with Crippen molar-refractivity contribution < 1.29 is 13.7 Å². The van der Waals surface area contributed by atoms with E-state index in [9.17, 15) is 9.18 Å². The number of carbonyl (C=O) groups excluding carboxylic acids is 1. The number of rotatable bonds is 6. The predicted octanol–water partition coefficient (Wildman–Crippen LogP) is 3.74. The fourth-order valence-electron chi connectivity index (χ4n) is 3.64. The Kier molecular flexibility index (Phi) is 6.08. The van der Waals surface area contributed by atoms with Crippen molar-refractivity contribution in [1.29, 1.82) is 0 Å². The molecule has 1 saturated heterocycles. The quantitative estimate of drug-likeness (QED) is 0.643. The van der Waals surface area contributed by atoms with E-state index in [4.69, 9.17) is 4.52 Å². The van der Waals surface area contributed by atoms with E-state index in [0.717, 1.165) is 30.0 Å². The van der Waals surface area contributed by atoms with Crippen molar-refractivity contribution >= 4 is 22.9 Å². The molecule has 4 rings (SSSR count). The van der Waals surface area contributed by atoms with E-state index in [0.29, 0.717) is 42.6 Å². The number of aromatic nitrogens is 3. The highest BCUT2D eigenvalue weighted by Gasteiger charge is 2.27. The number of carbonyl (C=O) groups is 1. The first-order chi connectivity index (χ1) is 14.5. The molecule has 1 fully saturated rings. The molecule has 9 heteroatoms. The van der Waals surface area contributed by atoms with Crippen molar-refractivity contribution in [2.24, 2.45) is 5.92 Å². The first kappa shape index (κ1) is 20.5. The zero-order valence-corrected chi connectivity index (χ0v) is 17.8. The Morgan fingerprint density at radius 3 is 2.97 bits per heavy atom. The Morgan fingerprint density at radius 2 is 2.27 bits per heavy atom. The molecule has 1 N–H and O–H groups in total. The largest absolute Gasteiger partial charge is 0.368 e. The topological polar surface area (TPSA) is 84.2 Å². The molecule has 0 saturated carbocycles. The van der Waals surface area contributed by atoms with Crippen LogP contribution in [-0.2, 0) is 17.8 Å². The van der Waals surface area contributed by atoms with Crippen LogP contribution in [0.4, 0.5) is 10.1 Å². The summed E-state index contributed by atoms with van der Waals surface area (Å²) in [5, 5.41) is 9.77. The molecule has 158 valence electrons. The standard InChI is InChI=1S/C21H24FN5O2S/c1-3-19-25-16(12-30-19)10-23-20(28)15-5-4-8-27(11-15)18-7-6-14(9-17(18)22)21-24-13(2)26-29-21/h6-7,9,12,15H,3-5,8,10-11H2,1-2H3,(H,23,28). The van der Waals surface area contributed by atoms with E-state index in [-0.39, 0.29) is 17.6 Å². The van der Waals surface area contributed by atoms with Gasteiger partial charge in [-0.2, -0.15) is 4.98 Å². The molecule has 3 aromatic rings. The van der Waals surface area contributed by atoms with Gasteiger partial charge >= 0.3 is 0 Å². The van der Waals surface area contributed by atoms with Gasteiger partial charge in [0.2, 0.25) is 5.91 Å². The first-order valence-electron chi connectivity index (χ1n) is 10.1. The van der Waals surface area contributed by atoms with Gasteiger partial charge in [-0.05, 0) is 44.4 Å². The van der Waals surface area contributed by atoms with Gasteiger partial charge in [0.1, 0.15) is 5.82 Å². The maximum atomic E-state index is 14.8. The number of thiazole rings is 1. The molecule has 1 amide bonds. The Bertz CT molecular complexity index is 1030. The summed E-state index contributed by atoms with van der Waals surface area (Å²) in [6.45, 7) is 5.41. The lowest BCUT2D eigenvalue weighted by Gasteiger charge is -2.34. The molecular formula is C21H24FN5O2S. The maximum absolute atomic E-state index is 14.8. The molecule has 7 nitrogen and oxygen atoms in total. The lowest BCUT2D eigenvalue weighted by atomic mass is 9.96. The summed E-state index contributed by atoms with van der Waals surface area (Å²) in [6.07, 6.45) is 2.52. The summed E-state index contributed by atoms with van der Waals surface area (Å²) < 4.78 is 19.9. The molecule has 1 aliphatic heterocycles. The fraction of sp³-hybridized carbons (Fsp3) is 0.429. The van der Waals surface area contributed by atoms with Crippen LogP contribution < -0.4 is 10.2 Å².